The Morgan fingerprint density at radius 1 is 0.660 bits per heavy atom. The molecule has 50 heavy (non-hydrogen) atoms. The number of fused-ring (bicyclic) bond motifs is 1. The van der Waals surface area contributed by atoms with Gasteiger partial charge in [0.2, 0.25) is 0 Å². The van der Waals surface area contributed by atoms with Gasteiger partial charge in [-0.05, 0) is 50.5 Å². The fourth-order valence-electron chi connectivity index (χ4n) is 8.43. The van der Waals surface area contributed by atoms with E-state index in [4.69, 9.17) is 33.2 Å². The van der Waals surface area contributed by atoms with Gasteiger partial charge in [0.25, 0.3) is 0 Å². The van der Waals surface area contributed by atoms with Crippen molar-refractivity contribution in [2.75, 3.05) is 6.61 Å². The molecule has 13 heteroatoms. The molecule has 2 aliphatic carbocycles. The molecule has 268 valence electrons. The lowest BCUT2D eigenvalue weighted by molar-refractivity contribution is -0.328. The van der Waals surface area contributed by atoms with Crippen molar-refractivity contribution in [3.05, 3.63) is 71.8 Å². The quantitative estimate of drug-likeness (QED) is 0.273. The maximum absolute atomic E-state index is 14.1. The molecule has 0 radical (unpaired) electrons. The summed E-state index contributed by atoms with van der Waals surface area (Å²) in [5.74, 6) is -6.29. The molecule has 13 nitrogen and oxygen atoms in total. The van der Waals surface area contributed by atoms with Gasteiger partial charge in [0.05, 0.1) is 22.6 Å². The molecule has 3 fully saturated rings. The van der Waals surface area contributed by atoms with E-state index in [2.05, 4.69) is 0 Å². The normalized spacial score (nSPS) is 32.0. The van der Waals surface area contributed by atoms with Gasteiger partial charge in [-0.25, -0.2) is 9.59 Å². The van der Waals surface area contributed by atoms with E-state index < -0.39 is 101 Å². The minimum absolute atomic E-state index is 0.0318. The lowest BCUT2D eigenvalue weighted by Crippen LogP contribution is -2.81. The van der Waals surface area contributed by atoms with E-state index in [9.17, 15) is 28.8 Å². The van der Waals surface area contributed by atoms with Gasteiger partial charge in [-0.1, -0.05) is 43.3 Å². The van der Waals surface area contributed by atoms with Crippen molar-refractivity contribution in [3.8, 4) is 0 Å². The van der Waals surface area contributed by atoms with Crippen LogP contribution in [0.4, 0.5) is 0 Å². The third-order valence-corrected chi connectivity index (χ3v) is 9.93. The number of hydrogen-bond donors (Lipinski definition) is 0. The minimum atomic E-state index is -2.03. The predicted molar refractivity (Wildman–Crippen MR) is 172 cm³/mol. The van der Waals surface area contributed by atoms with E-state index in [0.717, 1.165) is 6.92 Å². The number of benzene rings is 2. The Balaban J connectivity index is 1.86. The summed E-state index contributed by atoms with van der Waals surface area (Å²) in [5, 5.41) is 0. The largest absolute Gasteiger partial charge is 0.461 e. The Morgan fingerprint density at radius 2 is 1.16 bits per heavy atom. The summed E-state index contributed by atoms with van der Waals surface area (Å²) >= 11 is 0. The summed E-state index contributed by atoms with van der Waals surface area (Å²) in [5.41, 5.74) is -4.73. The third kappa shape index (κ3) is 6.34. The molecular formula is C37H42O13. The molecule has 0 aromatic heterocycles. The van der Waals surface area contributed by atoms with E-state index in [0.29, 0.717) is 0 Å². The van der Waals surface area contributed by atoms with Gasteiger partial charge in [-0.3, -0.25) is 19.2 Å². The first-order chi connectivity index (χ1) is 23.5. The van der Waals surface area contributed by atoms with Gasteiger partial charge < -0.3 is 33.2 Å². The van der Waals surface area contributed by atoms with Crippen LogP contribution in [0.5, 0.6) is 0 Å². The SMILES string of the molecule is CC(=O)OC1CC(C)C23OC(C)(C)C(C(OC(C)=O)C(OC(=O)c4ccccc4)C2(COC(=O)c2ccccc2)C1OC(C)=O)C3OC(C)=O. The fraction of sp³-hybridized carbons (Fsp3) is 0.514. The Hall–Kier alpha value is -4.78. The lowest BCUT2D eigenvalue weighted by atomic mass is 9.47. The van der Waals surface area contributed by atoms with Crippen LogP contribution in [0.1, 0.15) is 75.6 Å². The zero-order valence-electron chi connectivity index (χ0n) is 29.0. The Morgan fingerprint density at radius 3 is 1.68 bits per heavy atom. The standard InChI is InChI=1S/C37H42O13/c1-20-18-27(45-21(2)38)30(47-23(4)40)36(19-44-33(42)25-14-10-8-11-15-25)32(49-34(43)26-16-12-9-13-17-26)29(46-22(3)39)28-31(48-24(5)41)37(20,36)50-35(28,6)7/h8-17,20,27-32H,18-19H2,1-7H3. The molecule has 9 unspecified atom stereocenters. The van der Waals surface area contributed by atoms with Crippen LogP contribution in [0.3, 0.4) is 0 Å². The summed E-state index contributed by atoms with van der Waals surface area (Å²) in [6.45, 7) is 9.21. The Kier molecular flexibility index (Phi) is 10.1. The maximum atomic E-state index is 14.1. The van der Waals surface area contributed by atoms with Crippen molar-refractivity contribution < 1.29 is 61.9 Å². The van der Waals surface area contributed by atoms with Crippen molar-refractivity contribution >= 4 is 35.8 Å². The van der Waals surface area contributed by atoms with Gasteiger partial charge in [0.15, 0.2) is 12.2 Å². The molecule has 1 spiro atoms. The second kappa shape index (κ2) is 13.9. The number of esters is 6. The highest BCUT2D eigenvalue weighted by molar-refractivity contribution is 5.90. The number of ether oxygens (including phenoxy) is 7. The summed E-state index contributed by atoms with van der Waals surface area (Å²) in [4.78, 5) is 79.2. The number of hydrogen-bond acceptors (Lipinski definition) is 13. The van der Waals surface area contributed by atoms with Crippen LogP contribution in [-0.2, 0) is 52.3 Å². The molecule has 5 rings (SSSR count). The van der Waals surface area contributed by atoms with Crippen LogP contribution in [0.15, 0.2) is 60.7 Å². The zero-order valence-corrected chi connectivity index (χ0v) is 29.0. The second-order valence-corrected chi connectivity index (χ2v) is 13.6. The predicted octanol–water partition coefficient (Wildman–Crippen LogP) is 4.00. The Bertz CT molecular complexity index is 1640. The van der Waals surface area contributed by atoms with E-state index in [1.54, 1.807) is 57.2 Å². The van der Waals surface area contributed by atoms with Crippen molar-refractivity contribution in [2.24, 2.45) is 17.3 Å². The smallest absolute Gasteiger partial charge is 0.338 e. The van der Waals surface area contributed by atoms with Crippen molar-refractivity contribution in [2.45, 2.75) is 96.6 Å². The van der Waals surface area contributed by atoms with Gasteiger partial charge >= 0.3 is 35.8 Å². The lowest BCUT2D eigenvalue weighted by Gasteiger charge is -2.64. The molecule has 2 aromatic carbocycles. The topological polar surface area (TPSA) is 167 Å². The fourth-order valence-corrected chi connectivity index (χ4v) is 8.43. The summed E-state index contributed by atoms with van der Waals surface area (Å²) in [6.07, 6.45) is -6.97. The molecule has 1 saturated heterocycles. The van der Waals surface area contributed by atoms with E-state index in [-0.39, 0.29) is 17.5 Å². The molecule has 1 heterocycles. The van der Waals surface area contributed by atoms with E-state index >= 15 is 0 Å². The van der Waals surface area contributed by atoms with E-state index in [1.165, 1.54) is 45.0 Å². The minimum Gasteiger partial charge on any atom is -0.461 e. The average Bonchev–Trinajstić information content (AvgIpc) is 3.24. The molecular weight excluding hydrogens is 652 g/mol. The molecule has 0 N–H and O–H groups in total. The van der Waals surface area contributed by atoms with Crippen LogP contribution in [0.25, 0.3) is 0 Å². The highest BCUT2D eigenvalue weighted by Crippen LogP contribution is 2.68. The molecule has 2 saturated carbocycles. The van der Waals surface area contributed by atoms with Gasteiger partial charge in [0.1, 0.15) is 35.9 Å². The summed E-state index contributed by atoms with van der Waals surface area (Å²) in [7, 11) is 0. The van der Waals surface area contributed by atoms with Gasteiger partial charge in [0, 0.05) is 27.7 Å². The highest BCUT2D eigenvalue weighted by Gasteiger charge is 2.85. The average molecular weight is 695 g/mol. The van der Waals surface area contributed by atoms with Gasteiger partial charge in [-0.15, -0.1) is 0 Å². The van der Waals surface area contributed by atoms with Crippen LogP contribution >= 0.6 is 0 Å². The summed E-state index contributed by atoms with van der Waals surface area (Å²) in [6, 6.07) is 16.1. The maximum Gasteiger partial charge on any atom is 0.338 e. The van der Waals surface area contributed by atoms with Crippen molar-refractivity contribution in [1.82, 2.24) is 0 Å². The molecule has 1 aliphatic heterocycles. The van der Waals surface area contributed by atoms with Crippen LogP contribution in [0.2, 0.25) is 0 Å². The molecule has 2 bridgehead atoms. The number of rotatable bonds is 9. The second-order valence-electron chi connectivity index (χ2n) is 13.6. The first-order valence-corrected chi connectivity index (χ1v) is 16.4. The highest BCUT2D eigenvalue weighted by atomic mass is 16.6. The first-order valence-electron chi connectivity index (χ1n) is 16.4. The van der Waals surface area contributed by atoms with E-state index in [1.807, 2.05) is 0 Å². The van der Waals surface area contributed by atoms with Crippen LogP contribution < -0.4 is 0 Å². The summed E-state index contributed by atoms with van der Waals surface area (Å²) < 4.78 is 43.4. The van der Waals surface area contributed by atoms with Crippen molar-refractivity contribution in [3.63, 3.8) is 0 Å². The van der Waals surface area contributed by atoms with Gasteiger partial charge in [-0.2, -0.15) is 0 Å². The number of carbonyl (C=O) groups is 6. The molecule has 0 amide bonds. The van der Waals surface area contributed by atoms with Crippen LogP contribution in [0, 0.1) is 17.3 Å². The third-order valence-electron chi connectivity index (χ3n) is 9.93. The number of carbonyl (C=O) groups excluding carboxylic acids is 6. The zero-order chi connectivity index (χ0) is 36.6. The van der Waals surface area contributed by atoms with Crippen LogP contribution in [-0.4, -0.2) is 84.1 Å². The first kappa shape index (κ1) is 36.5. The van der Waals surface area contributed by atoms with Crippen molar-refractivity contribution in [1.29, 1.82) is 0 Å². The molecule has 9 atom stereocenters. The molecule has 2 aromatic rings. The molecule has 3 aliphatic rings. The Labute approximate surface area is 289 Å². The monoisotopic (exact) mass is 694 g/mol.